The molecular formula is C11H23NO2. The summed E-state index contributed by atoms with van der Waals surface area (Å²) in [4.78, 5) is 13.4. The van der Waals surface area contributed by atoms with Gasteiger partial charge < -0.3 is 4.74 Å². The topological polar surface area (TPSA) is 29.5 Å². The quantitative estimate of drug-likeness (QED) is 0.653. The fourth-order valence-corrected chi connectivity index (χ4v) is 1.28. The second-order valence-electron chi connectivity index (χ2n) is 4.91. The first kappa shape index (κ1) is 13.4. The number of ether oxygens (including phenoxy) is 1. The number of rotatable bonds is 3. The van der Waals surface area contributed by atoms with Gasteiger partial charge in [0.1, 0.15) is 6.04 Å². The summed E-state index contributed by atoms with van der Waals surface area (Å²) in [7, 11) is 3.38. The van der Waals surface area contributed by atoms with E-state index >= 15 is 0 Å². The van der Waals surface area contributed by atoms with Crippen molar-refractivity contribution in [2.24, 2.45) is 5.41 Å². The summed E-state index contributed by atoms with van der Waals surface area (Å²) in [6, 6.07) is 0.144. The van der Waals surface area contributed by atoms with E-state index < -0.39 is 0 Å². The van der Waals surface area contributed by atoms with Gasteiger partial charge in [-0.25, -0.2) is 0 Å². The highest BCUT2D eigenvalue weighted by molar-refractivity contribution is 5.75. The van der Waals surface area contributed by atoms with Gasteiger partial charge in [0.15, 0.2) is 0 Å². The Kier molecular flexibility index (Phi) is 4.59. The number of hydrogen-bond acceptors (Lipinski definition) is 3. The predicted octanol–water partition coefficient (Wildman–Crippen LogP) is 1.91. The van der Waals surface area contributed by atoms with Crippen LogP contribution in [0.1, 0.15) is 34.6 Å². The molecule has 0 heterocycles. The van der Waals surface area contributed by atoms with Crippen molar-refractivity contribution in [3.8, 4) is 0 Å². The van der Waals surface area contributed by atoms with Gasteiger partial charge in [0.25, 0.3) is 0 Å². The number of likely N-dealkylation sites (N-methyl/N-ethyl adjacent to an activating group) is 1. The minimum Gasteiger partial charge on any atom is -0.468 e. The van der Waals surface area contributed by atoms with Gasteiger partial charge in [0.05, 0.1) is 7.11 Å². The highest BCUT2D eigenvalue weighted by Gasteiger charge is 2.29. The summed E-state index contributed by atoms with van der Waals surface area (Å²) < 4.78 is 4.72. The average Bonchev–Trinajstić information content (AvgIpc) is 2.11. The zero-order valence-electron chi connectivity index (χ0n) is 10.4. The van der Waals surface area contributed by atoms with Gasteiger partial charge in [0.2, 0.25) is 0 Å². The molecular weight excluding hydrogens is 178 g/mol. The van der Waals surface area contributed by atoms with Crippen LogP contribution in [0, 0.1) is 5.41 Å². The first-order chi connectivity index (χ1) is 6.21. The normalized spacial score (nSPS) is 16.6. The minimum atomic E-state index is -0.186. The van der Waals surface area contributed by atoms with Crippen molar-refractivity contribution < 1.29 is 9.53 Å². The lowest BCUT2D eigenvalue weighted by Crippen LogP contribution is -2.47. The Morgan fingerprint density at radius 2 is 1.71 bits per heavy atom. The molecule has 0 aromatic carbocycles. The lowest BCUT2D eigenvalue weighted by Gasteiger charge is -2.37. The van der Waals surface area contributed by atoms with E-state index in [1.165, 1.54) is 7.11 Å². The zero-order valence-corrected chi connectivity index (χ0v) is 10.4. The third-order valence-electron chi connectivity index (χ3n) is 3.02. The fourth-order valence-electron chi connectivity index (χ4n) is 1.28. The molecule has 0 bridgehead atoms. The van der Waals surface area contributed by atoms with Crippen molar-refractivity contribution >= 4 is 5.97 Å². The lowest BCUT2D eigenvalue weighted by atomic mass is 9.86. The second-order valence-corrected chi connectivity index (χ2v) is 4.91. The smallest absolute Gasteiger partial charge is 0.322 e. The zero-order chi connectivity index (χ0) is 11.5. The number of esters is 1. The highest BCUT2D eigenvalue weighted by Crippen LogP contribution is 2.24. The van der Waals surface area contributed by atoms with Crippen molar-refractivity contribution in [3.05, 3.63) is 0 Å². The van der Waals surface area contributed by atoms with E-state index in [9.17, 15) is 4.79 Å². The molecule has 3 heteroatoms. The molecule has 0 radical (unpaired) electrons. The van der Waals surface area contributed by atoms with E-state index in [-0.39, 0.29) is 17.4 Å². The summed E-state index contributed by atoms with van der Waals surface area (Å²) in [5.41, 5.74) is 0.164. The SMILES string of the molecule is COC(=O)C(C)N(C)C(C)C(C)(C)C. The van der Waals surface area contributed by atoms with E-state index in [1.54, 1.807) is 0 Å². The molecule has 0 amide bonds. The van der Waals surface area contributed by atoms with Gasteiger partial charge in [-0.15, -0.1) is 0 Å². The summed E-state index contributed by atoms with van der Waals surface area (Å²) in [5, 5.41) is 0. The van der Waals surface area contributed by atoms with Crippen molar-refractivity contribution in [1.29, 1.82) is 0 Å². The molecule has 84 valence electrons. The minimum absolute atomic E-state index is 0.164. The number of carbonyl (C=O) groups excluding carboxylic acids is 1. The standard InChI is InChI=1S/C11H23NO2/c1-8(10(13)14-7)12(6)9(2)11(3,4)5/h8-9H,1-7H3. The van der Waals surface area contributed by atoms with E-state index in [0.29, 0.717) is 6.04 Å². The average molecular weight is 201 g/mol. The maximum absolute atomic E-state index is 11.3. The Balaban J connectivity index is 4.46. The van der Waals surface area contributed by atoms with Crippen LogP contribution in [-0.4, -0.2) is 37.1 Å². The van der Waals surface area contributed by atoms with Crippen LogP contribution < -0.4 is 0 Å². The molecule has 0 rings (SSSR count). The molecule has 0 aromatic heterocycles. The van der Waals surface area contributed by atoms with E-state index in [2.05, 4.69) is 27.7 Å². The van der Waals surface area contributed by atoms with Crippen LogP contribution in [0.4, 0.5) is 0 Å². The Morgan fingerprint density at radius 1 is 1.29 bits per heavy atom. The maximum Gasteiger partial charge on any atom is 0.322 e. The van der Waals surface area contributed by atoms with Gasteiger partial charge in [-0.05, 0) is 26.3 Å². The van der Waals surface area contributed by atoms with Crippen LogP contribution in [0.25, 0.3) is 0 Å². The third-order valence-corrected chi connectivity index (χ3v) is 3.02. The molecule has 0 fully saturated rings. The lowest BCUT2D eigenvalue weighted by molar-refractivity contribution is -0.147. The Labute approximate surface area is 87.4 Å². The summed E-state index contributed by atoms with van der Waals surface area (Å²) in [6.45, 7) is 10.5. The maximum atomic E-state index is 11.3. The molecule has 3 nitrogen and oxygen atoms in total. The van der Waals surface area contributed by atoms with Crippen LogP contribution >= 0.6 is 0 Å². The molecule has 14 heavy (non-hydrogen) atoms. The van der Waals surface area contributed by atoms with Crippen LogP contribution in [0.2, 0.25) is 0 Å². The van der Waals surface area contributed by atoms with E-state index in [4.69, 9.17) is 4.74 Å². The Hall–Kier alpha value is -0.570. The van der Waals surface area contributed by atoms with E-state index in [1.807, 2.05) is 18.9 Å². The second kappa shape index (κ2) is 4.78. The third kappa shape index (κ3) is 3.29. The molecule has 0 N–H and O–H groups in total. The van der Waals surface area contributed by atoms with Gasteiger partial charge in [-0.2, -0.15) is 0 Å². The van der Waals surface area contributed by atoms with Crippen LogP contribution in [0.3, 0.4) is 0 Å². The molecule has 0 aliphatic heterocycles. The summed E-state index contributed by atoms with van der Waals surface area (Å²) in [6.07, 6.45) is 0. The van der Waals surface area contributed by atoms with Crippen molar-refractivity contribution in [2.75, 3.05) is 14.2 Å². The van der Waals surface area contributed by atoms with Gasteiger partial charge in [-0.3, -0.25) is 9.69 Å². The van der Waals surface area contributed by atoms with Gasteiger partial charge >= 0.3 is 5.97 Å². The first-order valence-electron chi connectivity index (χ1n) is 5.01. The Bertz CT molecular complexity index is 196. The molecule has 0 spiro atoms. The predicted molar refractivity (Wildman–Crippen MR) is 58.2 cm³/mol. The van der Waals surface area contributed by atoms with Crippen molar-refractivity contribution in [3.63, 3.8) is 0 Å². The summed E-state index contributed by atoms with van der Waals surface area (Å²) >= 11 is 0. The molecule has 0 saturated carbocycles. The first-order valence-corrected chi connectivity index (χ1v) is 5.01. The fraction of sp³-hybridized carbons (Fsp3) is 0.909. The molecule has 0 aromatic rings. The number of carbonyl (C=O) groups is 1. The largest absolute Gasteiger partial charge is 0.468 e. The van der Waals surface area contributed by atoms with Gasteiger partial charge in [-0.1, -0.05) is 20.8 Å². The summed E-state index contributed by atoms with van der Waals surface area (Å²) in [5.74, 6) is -0.177. The van der Waals surface area contributed by atoms with Crippen LogP contribution in [0.5, 0.6) is 0 Å². The number of methoxy groups -OCH3 is 1. The van der Waals surface area contributed by atoms with Crippen LogP contribution in [-0.2, 0) is 9.53 Å². The Morgan fingerprint density at radius 3 is 2.00 bits per heavy atom. The molecule has 2 unspecified atom stereocenters. The van der Waals surface area contributed by atoms with Crippen molar-refractivity contribution in [1.82, 2.24) is 4.90 Å². The van der Waals surface area contributed by atoms with Gasteiger partial charge in [0, 0.05) is 6.04 Å². The molecule has 0 aliphatic carbocycles. The molecule has 0 aliphatic rings. The number of hydrogen-bond donors (Lipinski definition) is 0. The van der Waals surface area contributed by atoms with E-state index in [0.717, 1.165) is 0 Å². The highest BCUT2D eigenvalue weighted by atomic mass is 16.5. The van der Waals surface area contributed by atoms with Crippen molar-refractivity contribution in [2.45, 2.75) is 46.7 Å². The monoisotopic (exact) mass is 201 g/mol. The molecule has 0 saturated heterocycles. The molecule has 2 atom stereocenters. The number of nitrogens with zero attached hydrogens (tertiary/aromatic N) is 1. The van der Waals surface area contributed by atoms with Crippen LogP contribution in [0.15, 0.2) is 0 Å².